The first-order valence-electron chi connectivity index (χ1n) is 7.91. The van der Waals surface area contributed by atoms with Crippen molar-refractivity contribution in [2.75, 3.05) is 0 Å². The van der Waals surface area contributed by atoms with E-state index in [1.807, 2.05) is 0 Å². The van der Waals surface area contributed by atoms with Gasteiger partial charge in [-0.25, -0.2) is 9.48 Å². The molecule has 1 heterocycles. The number of nitrogens with zero attached hydrogens (tertiary/aromatic N) is 2. The number of nitrogens with one attached hydrogen (secondary N) is 1. The zero-order valence-electron chi connectivity index (χ0n) is 14.2. The van der Waals surface area contributed by atoms with Crippen LogP contribution in [0.4, 0.5) is 13.2 Å². The topological polar surface area (TPSA) is 84.2 Å². The number of carbonyl (C=O) groups is 2. The number of halogens is 3. The Bertz CT molecular complexity index is 815. The number of carbonyl (C=O) groups excluding carboxylic acids is 1. The predicted octanol–water partition coefficient (Wildman–Crippen LogP) is 3.18. The third kappa shape index (κ3) is 4.22. The Labute approximate surface area is 147 Å². The lowest BCUT2D eigenvalue weighted by Crippen LogP contribution is -2.40. The van der Waals surface area contributed by atoms with Gasteiger partial charge in [0.2, 0.25) is 0 Å². The van der Waals surface area contributed by atoms with Crippen LogP contribution in [0.5, 0.6) is 0 Å². The van der Waals surface area contributed by atoms with Crippen LogP contribution in [-0.4, -0.2) is 32.8 Å². The van der Waals surface area contributed by atoms with Crippen molar-refractivity contribution in [1.29, 1.82) is 0 Å². The minimum atomic E-state index is -4.49. The molecule has 2 rings (SSSR count). The molecule has 0 fully saturated rings. The van der Waals surface area contributed by atoms with Crippen molar-refractivity contribution in [1.82, 2.24) is 15.1 Å². The highest BCUT2D eigenvalue weighted by Crippen LogP contribution is 2.30. The summed E-state index contributed by atoms with van der Waals surface area (Å²) >= 11 is 0. The number of aliphatic carboxylic acids is 1. The largest absolute Gasteiger partial charge is 0.480 e. The Hall–Kier alpha value is -2.84. The highest BCUT2D eigenvalue weighted by molar-refractivity contribution is 5.97. The average molecular weight is 369 g/mol. The van der Waals surface area contributed by atoms with Crippen molar-refractivity contribution in [3.8, 4) is 5.69 Å². The third-order valence-corrected chi connectivity index (χ3v) is 3.85. The van der Waals surface area contributed by atoms with Gasteiger partial charge in [-0.2, -0.15) is 18.3 Å². The maximum atomic E-state index is 12.9. The number of amides is 1. The molecule has 26 heavy (non-hydrogen) atoms. The van der Waals surface area contributed by atoms with Crippen molar-refractivity contribution in [2.45, 2.75) is 38.9 Å². The highest BCUT2D eigenvalue weighted by Gasteiger charge is 2.31. The predicted molar refractivity (Wildman–Crippen MR) is 87.1 cm³/mol. The molecule has 0 bridgehead atoms. The summed E-state index contributed by atoms with van der Waals surface area (Å²) in [5.74, 6) is -1.79. The Balaban J connectivity index is 2.30. The van der Waals surface area contributed by atoms with Gasteiger partial charge in [-0.05, 0) is 31.5 Å². The summed E-state index contributed by atoms with van der Waals surface area (Å²) in [7, 11) is 0. The zero-order valence-corrected chi connectivity index (χ0v) is 14.2. The molecular formula is C17H18F3N3O3. The fourth-order valence-corrected chi connectivity index (χ4v) is 2.49. The first-order chi connectivity index (χ1) is 12.1. The summed E-state index contributed by atoms with van der Waals surface area (Å²) in [6.45, 7) is 3.32. The van der Waals surface area contributed by atoms with Crippen molar-refractivity contribution in [3.63, 3.8) is 0 Å². The van der Waals surface area contributed by atoms with E-state index in [1.165, 1.54) is 29.9 Å². The van der Waals surface area contributed by atoms with Gasteiger partial charge in [0.1, 0.15) is 6.04 Å². The number of carboxylic acid groups (broad SMARTS) is 1. The third-order valence-electron chi connectivity index (χ3n) is 3.85. The molecule has 0 aliphatic heterocycles. The Morgan fingerprint density at radius 2 is 2.04 bits per heavy atom. The first kappa shape index (κ1) is 19.5. The van der Waals surface area contributed by atoms with Crippen LogP contribution in [0.2, 0.25) is 0 Å². The summed E-state index contributed by atoms with van der Waals surface area (Å²) in [5.41, 5.74) is -0.267. The lowest BCUT2D eigenvalue weighted by atomic mass is 10.1. The molecule has 0 saturated heterocycles. The second kappa shape index (κ2) is 7.59. The second-order valence-electron chi connectivity index (χ2n) is 5.76. The summed E-state index contributed by atoms with van der Waals surface area (Å²) < 4.78 is 39.8. The quantitative estimate of drug-likeness (QED) is 0.819. The molecule has 2 N–H and O–H groups in total. The Kier molecular flexibility index (Phi) is 5.69. The van der Waals surface area contributed by atoms with E-state index in [-0.39, 0.29) is 17.7 Å². The van der Waals surface area contributed by atoms with Gasteiger partial charge in [0.25, 0.3) is 5.91 Å². The molecule has 1 amide bonds. The molecule has 1 aromatic heterocycles. The van der Waals surface area contributed by atoms with Crippen LogP contribution < -0.4 is 5.32 Å². The maximum Gasteiger partial charge on any atom is 0.416 e. The van der Waals surface area contributed by atoms with E-state index in [0.29, 0.717) is 12.1 Å². The van der Waals surface area contributed by atoms with E-state index in [4.69, 9.17) is 5.11 Å². The summed E-state index contributed by atoms with van der Waals surface area (Å²) in [4.78, 5) is 23.5. The number of hydrogen-bond acceptors (Lipinski definition) is 3. The minimum Gasteiger partial charge on any atom is -0.480 e. The molecule has 1 unspecified atom stereocenters. The van der Waals surface area contributed by atoms with Gasteiger partial charge in [-0.3, -0.25) is 4.79 Å². The SMILES string of the molecule is CCCC(NC(=O)c1cnn(-c2cccc(C(F)(F)F)c2)c1C)C(=O)O. The van der Waals surface area contributed by atoms with Crippen LogP contribution in [0.25, 0.3) is 5.69 Å². The van der Waals surface area contributed by atoms with E-state index >= 15 is 0 Å². The van der Waals surface area contributed by atoms with Crippen LogP contribution in [0.15, 0.2) is 30.5 Å². The van der Waals surface area contributed by atoms with Crippen LogP contribution >= 0.6 is 0 Å². The fraction of sp³-hybridized carbons (Fsp3) is 0.353. The summed E-state index contributed by atoms with van der Waals surface area (Å²) in [5, 5.41) is 15.5. The van der Waals surface area contributed by atoms with Gasteiger partial charge >= 0.3 is 12.1 Å². The van der Waals surface area contributed by atoms with E-state index in [2.05, 4.69) is 10.4 Å². The van der Waals surface area contributed by atoms with Crippen molar-refractivity contribution in [2.24, 2.45) is 0 Å². The molecule has 140 valence electrons. The number of alkyl halides is 3. The molecule has 0 saturated carbocycles. The van der Waals surface area contributed by atoms with Gasteiger partial charge in [-0.1, -0.05) is 19.4 Å². The van der Waals surface area contributed by atoms with Crippen LogP contribution in [-0.2, 0) is 11.0 Å². The standard InChI is InChI=1S/C17H18F3N3O3/c1-3-5-14(16(25)26)22-15(24)13-9-21-23(10(13)2)12-7-4-6-11(8-12)17(18,19)20/h4,6-9,14H,3,5H2,1-2H3,(H,22,24)(H,25,26). The monoisotopic (exact) mass is 369 g/mol. The van der Waals surface area contributed by atoms with Gasteiger partial charge in [0, 0.05) is 0 Å². The summed E-state index contributed by atoms with van der Waals surface area (Å²) in [6, 6.07) is 3.52. The van der Waals surface area contributed by atoms with Crippen LogP contribution in [0.1, 0.15) is 41.4 Å². The van der Waals surface area contributed by atoms with Crippen LogP contribution in [0.3, 0.4) is 0 Å². The average Bonchev–Trinajstić information content (AvgIpc) is 2.95. The molecule has 0 radical (unpaired) electrons. The fourth-order valence-electron chi connectivity index (χ4n) is 2.49. The van der Waals surface area contributed by atoms with Crippen LogP contribution in [0, 0.1) is 6.92 Å². The Morgan fingerprint density at radius 1 is 1.35 bits per heavy atom. The highest BCUT2D eigenvalue weighted by atomic mass is 19.4. The second-order valence-corrected chi connectivity index (χ2v) is 5.76. The lowest BCUT2D eigenvalue weighted by molar-refractivity contribution is -0.139. The van der Waals surface area contributed by atoms with E-state index in [9.17, 15) is 22.8 Å². The number of hydrogen-bond donors (Lipinski definition) is 2. The molecule has 2 aromatic rings. The van der Waals surface area contributed by atoms with Gasteiger partial charge in [0.05, 0.1) is 28.7 Å². The smallest absolute Gasteiger partial charge is 0.416 e. The molecule has 6 nitrogen and oxygen atoms in total. The van der Waals surface area contributed by atoms with Gasteiger partial charge in [0.15, 0.2) is 0 Å². The number of carboxylic acids is 1. The van der Waals surface area contributed by atoms with E-state index in [1.54, 1.807) is 6.92 Å². The number of aromatic nitrogens is 2. The molecule has 1 atom stereocenters. The molecular weight excluding hydrogens is 351 g/mol. The van der Waals surface area contributed by atoms with Crippen molar-refractivity contribution in [3.05, 3.63) is 47.3 Å². The van der Waals surface area contributed by atoms with Crippen molar-refractivity contribution >= 4 is 11.9 Å². The minimum absolute atomic E-state index is 0.102. The molecule has 9 heteroatoms. The molecule has 0 aliphatic carbocycles. The first-order valence-corrected chi connectivity index (χ1v) is 7.91. The lowest BCUT2D eigenvalue weighted by Gasteiger charge is -2.13. The Morgan fingerprint density at radius 3 is 2.62 bits per heavy atom. The maximum absolute atomic E-state index is 12.9. The van der Waals surface area contributed by atoms with Crippen molar-refractivity contribution < 1.29 is 27.9 Å². The summed E-state index contributed by atoms with van der Waals surface area (Å²) in [6.07, 6.45) is -2.45. The van der Waals surface area contributed by atoms with E-state index in [0.717, 1.165) is 12.1 Å². The van der Waals surface area contributed by atoms with E-state index < -0.39 is 29.7 Å². The molecule has 0 aliphatic rings. The zero-order chi connectivity index (χ0) is 19.5. The molecule has 0 spiro atoms. The number of rotatable bonds is 6. The van der Waals surface area contributed by atoms with Gasteiger partial charge in [-0.15, -0.1) is 0 Å². The van der Waals surface area contributed by atoms with Gasteiger partial charge < -0.3 is 10.4 Å². The number of benzene rings is 1. The normalized spacial score (nSPS) is 12.7. The molecule has 1 aromatic carbocycles.